The second-order valence-electron chi connectivity index (χ2n) is 5.15. The molecular formula is C16H22O2. The molecule has 1 aromatic rings. The van der Waals surface area contributed by atoms with E-state index in [4.69, 9.17) is 4.74 Å². The topological polar surface area (TPSA) is 26.3 Å². The van der Waals surface area contributed by atoms with Gasteiger partial charge in [0.05, 0.1) is 6.61 Å². The Morgan fingerprint density at radius 3 is 2.72 bits per heavy atom. The third-order valence-electron chi connectivity index (χ3n) is 3.51. The Bertz CT molecular complexity index is 410. The quantitative estimate of drug-likeness (QED) is 0.715. The number of hydrogen-bond acceptors (Lipinski definition) is 2. The Hall–Kier alpha value is -1.31. The first-order chi connectivity index (χ1) is 8.75. The third kappa shape index (κ3) is 3.86. The van der Waals surface area contributed by atoms with Crippen molar-refractivity contribution in [2.75, 3.05) is 6.61 Å². The van der Waals surface area contributed by atoms with Crippen molar-refractivity contribution in [2.24, 2.45) is 0 Å². The van der Waals surface area contributed by atoms with Crippen LogP contribution < -0.4 is 4.74 Å². The van der Waals surface area contributed by atoms with Crippen molar-refractivity contribution in [3.8, 4) is 5.75 Å². The summed E-state index contributed by atoms with van der Waals surface area (Å²) in [5, 5.41) is 0. The Kier molecular flexibility index (Phi) is 4.80. The molecule has 1 aromatic carbocycles. The summed E-state index contributed by atoms with van der Waals surface area (Å²) in [4.78, 5) is 10.8. The summed E-state index contributed by atoms with van der Waals surface area (Å²) in [6.45, 7) is 2.36. The predicted molar refractivity (Wildman–Crippen MR) is 73.1 cm³/mol. The van der Waals surface area contributed by atoms with Crippen LogP contribution in [0.1, 0.15) is 50.2 Å². The SMILES string of the molecule is CC(=O)CCCCOc1ccc2c(c1)CCCC2. The van der Waals surface area contributed by atoms with Crippen molar-refractivity contribution in [1.82, 2.24) is 0 Å². The molecule has 2 heteroatoms. The molecular weight excluding hydrogens is 224 g/mol. The largest absolute Gasteiger partial charge is 0.494 e. The Labute approximate surface area is 109 Å². The van der Waals surface area contributed by atoms with Crippen LogP contribution in [0, 0.1) is 0 Å². The summed E-state index contributed by atoms with van der Waals surface area (Å²) in [5.74, 6) is 1.25. The van der Waals surface area contributed by atoms with Gasteiger partial charge in [0, 0.05) is 6.42 Å². The minimum atomic E-state index is 0.267. The average Bonchev–Trinajstić information content (AvgIpc) is 2.38. The normalized spacial score (nSPS) is 14.1. The monoisotopic (exact) mass is 246 g/mol. The lowest BCUT2D eigenvalue weighted by atomic mass is 9.92. The number of carbonyl (C=O) groups excluding carboxylic acids is 1. The lowest BCUT2D eigenvalue weighted by Gasteiger charge is -2.16. The maximum atomic E-state index is 10.8. The number of Topliss-reactive ketones (excluding diaryl/α,β-unsaturated/α-hetero) is 1. The van der Waals surface area contributed by atoms with Gasteiger partial charge in [-0.15, -0.1) is 0 Å². The number of aryl methyl sites for hydroxylation is 2. The van der Waals surface area contributed by atoms with Gasteiger partial charge in [0.15, 0.2) is 0 Å². The number of ether oxygens (including phenoxy) is 1. The Morgan fingerprint density at radius 1 is 1.17 bits per heavy atom. The molecule has 0 aromatic heterocycles. The van der Waals surface area contributed by atoms with E-state index in [9.17, 15) is 4.79 Å². The van der Waals surface area contributed by atoms with E-state index in [1.165, 1.54) is 36.8 Å². The van der Waals surface area contributed by atoms with Crippen molar-refractivity contribution >= 4 is 5.78 Å². The molecule has 0 spiro atoms. The molecule has 2 rings (SSSR count). The van der Waals surface area contributed by atoms with Crippen molar-refractivity contribution in [3.63, 3.8) is 0 Å². The zero-order valence-corrected chi connectivity index (χ0v) is 11.2. The van der Waals surface area contributed by atoms with Gasteiger partial charge < -0.3 is 9.53 Å². The number of hydrogen-bond donors (Lipinski definition) is 0. The second-order valence-corrected chi connectivity index (χ2v) is 5.15. The molecule has 18 heavy (non-hydrogen) atoms. The fourth-order valence-corrected chi connectivity index (χ4v) is 2.47. The number of unbranched alkanes of at least 4 members (excludes halogenated alkanes) is 1. The van der Waals surface area contributed by atoms with Crippen molar-refractivity contribution < 1.29 is 9.53 Å². The van der Waals surface area contributed by atoms with Crippen LogP contribution in [-0.4, -0.2) is 12.4 Å². The molecule has 0 N–H and O–H groups in total. The number of rotatable bonds is 6. The molecule has 0 saturated heterocycles. The molecule has 1 aliphatic carbocycles. The highest BCUT2D eigenvalue weighted by molar-refractivity contribution is 5.75. The van der Waals surface area contributed by atoms with Gasteiger partial charge in [-0.25, -0.2) is 0 Å². The minimum Gasteiger partial charge on any atom is -0.494 e. The number of benzene rings is 1. The van der Waals surface area contributed by atoms with E-state index in [0.717, 1.165) is 18.6 Å². The van der Waals surface area contributed by atoms with Crippen LogP contribution in [0.5, 0.6) is 5.75 Å². The lowest BCUT2D eigenvalue weighted by molar-refractivity contribution is -0.117. The van der Waals surface area contributed by atoms with Crippen LogP contribution in [0.15, 0.2) is 18.2 Å². The van der Waals surface area contributed by atoms with Gasteiger partial charge in [0.1, 0.15) is 11.5 Å². The van der Waals surface area contributed by atoms with Gasteiger partial charge in [-0.3, -0.25) is 0 Å². The second kappa shape index (κ2) is 6.58. The van der Waals surface area contributed by atoms with Gasteiger partial charge >= 0.3 is 0 Å². The third-order valence-corrected chi connectivity index (χ3v) is 3.51. The van der Waals surface area contributed by atoms with E-state index in [1.807, 2.05) is 0 Å². The zero-order valence-electron chi connectivity index (χ0n) is 11.2. The van der Waals surface area contributed by atoms with Crippen LogP contribution in [0.25, 0.3) is 0 Å². The summed E-state index contributed by atoms with van der Waals surface area (Å²) in [5.41, 5.74) is 2.95. The highest BCUT2D eigenvalue weighted by atomic mass is 16.5. The summed E-state index contributed by atoms with van der Waals surface area (Å²) < 4.78 is 5.74. The lowest BCUT2D eigenvalue weighted by Crippen LogP contribution is -2.04. The smallest absolute Gasteiger partial charge is 0.129 e. The highest BCUT2D eigenvalue weighted by Crippen LogP contribution is 2.25. The van der Waals surface area contributed by atoms with Gasteiger partial charge in [0.2, 0.25) is 0 Å². The molecule has 0 saturated carbocycles. The van der Waals surface area contributed by atoms with Gasteiger partial charge in [-0.2, -0.15) is 0 Å². The standard InChI is InChI=1S/C16H22O2/c1-13(17)6-4-5-11-18-16-10-9-14-7-2-3-8-15(14)12-16/h9-10,12H,2-8,11H2,1H3. The molecule has 1 aliphatic rings. The van der Waals surface area contributed by atoms with E-state index >= 15 is 0 Å². The minimum absolute atomic E-state index is 0.267. The summed E-state index contributed by atoms with van der Waals surface area (Å²) in [6.07, 6.45) is 7.59. The maximum Gasteiger partial charge on any atom is 0.129 e. The van der Waals surface area contributed by atoms with Crippen LogP contribution in [0.4, 0.5) is 0 Å². The highest BCUT2D eigenvalue weighted by Gasteiger charge is 2.09. The van der Waals surface area contributed by atoms with Crippen LogP contribution >= 0.6 is 0 Å². The van der Waals surface area contributed by atoms with E-state index < -0.39 is 0 Å². The number of carbonyl (C=O) groups is 1. The van der Waals surface area contributed by atoms with Crippen molar-refractivity contribution in [3.05, 3.63) is 29.3 Å². The summed E-state index contributed by atoms with van der Waals surface area (Å²) >= 11 is 0. The average molecular weight is 246 g/mol. The number of fused-ring (bicyclic) bond motifs is 1. The van der Waals surface area contributed by atoms with Crippen molar-refractivity contribution in [1.29, 1.82) is 0 Å². The van der Waals surface area contributed by atoms with Crippen LogP contribution in [-0.2, 0) is 17.6 Å². The predicted octanol–water partition coefficient (Wildman–Crippen LogP) is 3.70. The zero-order chi connectivity index (χ0) is 12.8. The van der Waals surface area contributed by atoms with E-state index in [-0.39, 0.29) is 5.78 Å². The molecule has 0 heterocycles. The fraction of sp³-hybridized carbons (Fsp3) is 0.562. The maximum absolute atomic E-state index is 10.8. The van der Waals surface area contributed by atoms with Crippen molar-refractivity contribution in [2.45, 2.75) is 51.9 Å². The van der Waals surface area contributed by atoms with E-state index in [1.54, 1.807) is 6.92 Å². The molecule has 0 bridgehead atoms. The fourth-order valence-electron chi connectivity index (χ4n) is 2.47. The molecule has 0 aliphatic heterocycles. The van der Waals surface area contributed by atoms with Crippen LogP contribution in [0.3, 0.4) is 0 Å². The summed E-state index contributed by atoms with van der Waals surface area (Å²) in [7, 11) is 0. The molecule has 0 amide bonds. The molecule has 0 atom stereocenters. The number of ketones is 1. The molecule has 2 nitrogen and oxygen atoms in total. The Morgan fingerprint density at radius 2 is 1.94 bits per heavy atom. The van der Waals surface area contributed by atoms with Gasteiger partial charge in [0.25, 0.3) is 0 Å². The van der Waals surface area contributed by atoms with E-state index in [2.05, 4.69) is 18.2 Å². The summed E-state index contributed by atoms with van der Waals surface area (Å²) in [6, 6.07) is 6.48. The molecule has 0 fully saturated rings. The van der Waals surface area contributed by atoms with Crippen LogP contribution in [0.2, 0.25) is 0 Å². The first-order valence-electron chi connectivity index (χ1n) is 7.00. The van der Waals surface area contributed by atoms with Gasteiger partial charge in [-0.1, -0.05) is 6.07 Å². The molecule has 98 valence electrons. The molecule has 0 unspecified atom stereocenters. The first-order valence-corrected chi connectivity index (χ1v) is 7.00. The molecule has 0 radical (unpaired) electrons. The van der Waals surface area contributed by atoms with Gasteiger partial charge in [-0.05, 0) is 68.7 Å². The first kappa shape index (κ1) is 13.1. The van der Waals surface area contributed by atoms with E-state index in [0.29, 0.717) is 13.0 Å². The Balaban J connectivity index is 1.77.